The molecule has 4 nitrogen and oxygen atoms in total. The predicted molar refractivity (Wildman–Crippen MR) is 76.7 cm³/mol. The minimum Gasteiger partial charge on any atom is -0.347 e. The monoisotopic (exact) mass is 343 g/mol. The van der Waals surface area contributed by atoms with Crippen molar-refractivity contribution in [1.82, 2.24) is 5.32 Å². The Labute approximate surface area is 126 Å². The van der Waals surface area contributed by atoms with Crippen molar-refractivity contribution < 1.29 is 13.2 Å². The van der Waals surface area contributed by atoms with E-state index in [-0.39, 0.29) is 20.5 Å². The number of benzene rings is 1. The molecule has 1 aromatic carbocycles. The van der Waals surface area contributed by atoms with Crippen LogP contribution in [-0.2, 0) is 9.05 Å². The van der Waals surface area contributed by atoms with Gasteiger partial charge < -0.3 is 5.32 Å². The second kappa shape index (κ2) is 5.48. The van der Waals surface area contributed by atoms with Crippen molar-refractivity contribution in [2.45, 2.75) is 31.2 Å². The van der Waals surface area contributed by atoms with Crippen molar-refractivity contribution >= 4 is 48.8 Å². The summed E-state index contributed by atoms with van der Waals surface area (Å²) in [6, 6.07) is 2.19. The molecule has 106 valence electrons. The molecule has 1 N–H and O–H groups in total. The van der Waals surface area contributed by atoms with Crippen LogP contribution < -0.4 is 5.32 Å². The van der Waals surface area contributed by atoms with E-state index >= 15 is 0 Å². The molecule has 1 aromatic rings. The number of hydrogen-bond donors (Lipinski definition) is 1. The lowest BCUT2D eigenvalue weighted by Crippen LogP contribution is -2.40. The second-order valence-electron chi connectivity index (χ2n) is 4.91. The highest BCUT2D eigenvalue weighted by Gasteiger charge is 2.22. The Morgan fingerprint density at radius 2 is 1.74 bits per heavy atom. The molecule has 19 heavy (non-hydrogen) atoms. The van der Waals surface area contributed by atoms with Gasteiger partial charge in [-0.3, -0.25) is 4.79 Å². The third kappa shape index (κ3) is 4.53. The summed E-state index contributed by atoms with van der Waals surface area (Å²) in [7, 11) is 1.24. The van der Waals surface area contributed by atoms with Crippen molar-refractivity contribution in [1.29, 1.82) is 0 Å². The predicted octanol–water partition coefficient (Wildman–Crippen LogP) is 3.45. The molecule has 1 rings (SSSR count). The maximum Gasteiger partial charge on any atom is 0.261 e. The zero-order valence-electron chi connectivity index (χ0n) is 10.4. The van der Waals surface area contributed by atoms with E-state index in [1.807, 2.05) is 0 Å². The van der Waals surface area contributed by atoms with Crippen LogP contribution in [0, 0.1) is 0 Å². The zero-order chi connectivity index (χ0) is 15.0. The van der Waals surface area contributed by atoms with Gasteiger partial charge in [0.25, 0.3) is 15.0 Å². The molecule has 0 saturated heterocycles. The fraction of sp³-hybridized carbons (Fsp3) is 0.364. The molecular formula is C11H12Cl3NO3S. The SMILES string of the molecule is CC(C)(C)NC(=O)c1cc(S(=O)(=O)Cl)cc(Cl)c1Cl. The van der Waals surface area contributed by atoms with Gasteiger partial charge >= 0.3 is 0 Å². The molecule has 0 aliphatic rings. The largest absolute Gasteiger partial charge is 0.347 e. The Balaban J connectivity index is 3.36. The van der Waals surface area contributed by atoms with Crippen LogP contribution in [0.1, 0.15) is 31.1 Å². The van der Waals surface area contributed by atoms with Gasteiger partial charge in [0.15, 0.2) is 0 Å². The number of hydrogen-bond acceptors (Lipinski definition) is 3. The average Bonchev–Trinajstić information content (AvgIpc) is 2.17. The van der Waals surface area contributed by atoms with E-state index in [1.54, 1.807) is 20.8 Å². The van der Waals surface area contributed by atoms with E-state index < -0.39 is 20.5 Å². The molecule has 0 fully saturated rings. The van der Waals surface area contributed by atoms with Crippen LogP contribution in [0.5, 0.6) is 0 Å². The third-order valence-electron chi connectivity index (χ3n) is 2.02. The fourth-order valence-corrected chi connectivity index (χ4v) is 2.54. The summed E-state index contributed by atoms with van der Waals surface area (Å²) in [5.74, 6) is -0.526. The van der Waals surface area contributed by atoms with Crippen molar-refractivity contribution in [3.8, 4) is 0 Å². The normalized spacial score (nSPS) is 12.3. The summed E-state index contributed by atoms with van der Waals surface area (Å²) < 4.78 is 22.6. The van der Waals surface area contributed by atoms with Gasteiger partial charge in [-0.15, -0.1) is 0 Å². The quantitative estimate of drug-likeness (QED) is 0.836. The molecule has 0 spiro atoms. The molecule has 0 radical (unpaired) electrons. The van der Waals surface area contributed by atoms with E-state index in [9.17, 15) is 13.2 Å². The minimum atomic E-state index is -3.99. The number of halogens is 3. The molecule has 8 heteroatoms. The van der Waals surface area contributed by atoms with Crippen LogP contribution in [-0.4, -0.2) is 19.9 Å². The van der Waals surface area contributed by atoms with Gasteiger partial charge in [0.2, 0.25) is 0 Å². The Hall–Kier alpha value is -0.490. The van der Waals surface area contributed by atoms with Crippen LogP contribution in [0.2, 0.25) is 10.0 Å². The second-order valence-corrected chi connectivity index (χ2v) is 8.26. The Kier molecular flexibility index (Phi) is 4.78. The van der Waals surface area contributed by atoms with Gasteiger partial charge in [0, 0.05) is 16.2 Å². The van der Waals surface area contributed by atoms with Crippen molar-refractivity contribution in [2.24, 2.45) is 0 Å². The molecule has 0 aromatic heterocycles. The maximum atomic E-state index is 12.0. The summed E-state index contributed by atoms with van der Waals surface area (Å²) in [4.78, 5) is 11.7. The summed E-state index contributed by atoms with van der Waals surface area (Å²) >= 11 is 11.7. The molecule has 0 unspecified atom stereocenters. The number of carbonyl (C=O) groups excluding carboxylic acids is 1. The number of nitrogens with one attached hydrogen (secondary N) is 1. The number of amides is 1. The van der Waals surface area contributed by atoms with Gasteiger partial charge in [-0.1, -0.05) is 23.2 Å². The van der Waals surface area contributed by atoms with Crippen LogP contribution in [0.4, 0.5) is 0 Å². The van der Waals surface area contributed by atoms with E-state index in [0.29, 0.717) is 0 Å². The van der Waals surface area contributed by atoms with Crippen LogP contribution >= 0.6 is 33.9 Å². The standard InChI is InChI=1S/C11H12Cl3NO3S/c1-11(2,3)15-10(16)7-4-6(19(14,17)18)5-8(12)9(7)13/h4-5H,1-3H3,(H,15,16). The van der Waals surface area contributed by atoms with E-state index in [2.05, 4.69) is 5.32 Å². The first-order valence-electron chi connectivity index (χ1n) is 5.18. The third-order valence-corrected chi connectivity index (χ3v) is 4.15. The molecular weight excluding hydrogens is 333 g/mol. The van der Waals surface area contributed by atoms with Crippen LogP contribution in [0.3, 0.4) is 0 Å². The van der Waals surface area contributed by atoms with E-state index in [1.165, 1.54) is 0 Å². The number of carbonyl (C=O) groups is 1. The van der Waals surface area contributed by atoms with Gasteiger partial charge in [-0.25, -0.2) is 8.42 Å². The number of rotatable bonds is 2. The molecule has 0 aliphatic heterocycles. The van der Waals surface area contributed by atoms with Crippen LogP contribution in [0.15, 0.2) is 17.0 Å². The first kappa shape index (κ1) is 16.6. The smallest absolute Gasteiger partial charge is 0.261 e. The lowest BCUT2D eigenvalue weighted by atomic mass is 10.1. The highest BCUT2D eigenvalue weighted by Crippen LogP contribution is 2.31. The molecule has 0 atom stereocenters. The summed E-state index contributed by atoms with van der Waals surface area (Å²) in [6.07, 6.45) is 0. The lowest BCUT2D eigenvalue weighted by molar-refractivity contribution is 0.0919. The highest BCUT2D eigenvalue weighted by atomic mass is 35.7. The zero-order valence-corrected chi connectivity index (χ0v) is 13.5. The lowest BCUT2D eigenvalue weighted by Gasteiger charge is -2.21. The summed E-state index contributed by atoms with van der Waals surface area (Å²) in [5.41, 5.74) is -0.536. The summed E-state index contributed by atoms with van der Waals surface area (Å²) in [5, 5.41) is 2.59. The first-order chi connectivity index (χ1) is 8.42. The fourth-order valence-electron chi connectivity index (χ4n) is 1.28. The summed E-state index contributed by atoms with van der Waals surface area (Å²) in [6.45, 7) is 5.34. The molecule has 0 bridgehead atoms. The highest BCUT2D eigenvalue weighted by molar-refractivity contribution is 8.13. The first-order valence-corrected chi connectivity index (χ1v) is 8.24. The van der Waals surface area contributed by atoms with E-state index in [0.717, 1.165) is 12.1 Å². The van der Waals surface area contributed by atoms with Crippen molar-refractivity contribution in [2.75, 3.05) is 0 Å². The Bertz CT molecular complexity index is 621. The van der Waals surface area contributed by atoms with Crippen molar-refractivity contribution in [3.05, 3.63) is 27.7 Å². The Morgan fingerprint density at radius 3 is 2.16 bits per heavy atom. The van der Waals surface area contributed by atoms with Crippen LogP contribution in [0.25, 0.3) is 0 Å². The van der Waals surface area contributed by atoms with Gasteiger partial charge in [-0.05, 0) is 32.9 Å². The molecule has 1 amide bonds. The Morgan fingerprint density at radius 1 is 1.21 bits per heavy atom. The van der Waals surface area contributed by atoms with Gasteiger partial charge in [0.05, 0.1) is 20.5 Å². The topological polar surface area (TPSA) is 63.2 Å². The maximum absolute atomic E-state index is 12.0. The molecule has 0 saturated carbocycles. The van der Waals surface area contributed by atoms with Gasteiger partial charge in [0.1, 0.15) is 0 Å². The average molecular weight is 345 g/mol. The minimum absolute atomic E-state index is 0.0208. The van der Waals surface area contributed by atoms with Gasteiger partial charge in [-0.2, -0.15) is 0 Å². The molecule has 0 heterocycles. The van der Waals surface area contributed by atoms with E-state index in [4.69, 9.17) is 33.9 Å². The van der Waals surface area contributed by atoms with Crippen molar-refractivity contribution in [3.63, 3.8) is 0 Å². The molecule has 0 aliphatic carbocycles.